The van der Waals surface area contributed by atoms with Gasteiger partial charge in [-0.25, -0.2) is 15.0 Å². The second-order valence-corrected chi connectivity index (χ2v) is 4.26. The third-order valence-corrected chi connectivity index (χ3v) is 3.09. The van der Waals surface area contributed by atoms with Gasteiger partial charge in [0.15, 0.2) is 11.5 Å². The van der Waals surface area contributed by atoms with Crippen LogP contribution in [0.3, 0.4) is 0 Å². The predicted octanol–water partition coefficient (Wildman–Crippen LogP) is 0.308. The minimum absolute atomic E-state index is 0.0524. The molecule has 0 aliphatic carbocycles. The van der Waals surface area contributed by atoms with E-state index in [9.17, 15) is 5.11 Å². The van der Waals surface area contributed by atoms with Gasteiger partial charge < -0.3 is 15.9 Å². The van der Waals surface area contributed by atoms with Crippen molar-refractivity contribution < 1.29 is 10.2 Å². The van der Waals surface area contributed by atoms with Crippen LogP contribution < -0.4 is 5.73 Å². The Kier molecular flexibility index (Phi) is 3.73. The van der Waals surface area contributed by atoms with Crippen molar-refractivity contribution in [2.24, 2.45) is 5.92 Å². The molecule has 0 saturated heterocycles. The monoisotopic (exact) mass is 251 g/mol. The van der Waals surface area contributed by atoms with E-state index < -0.39 is 6.23 Å². The van der Waals surface area contributed by atoms with Crippen molar-refractivity contribution in [2.45, 2.75) is 26.0 Å². The van der Waals surface area contributed by atoms with Crippen molar-refractivity contribution in [2.75, 3.05) is 12.3 Å². The number of fused-ring (bicyclic) bond motifs is 1. The number of aliphatic hydroxyl groups excluding tert-OH is 2. The van der Waals surface area contributed by atoms with E-state index in [1.165, 1.54) is 12.7 Å². The zero-order chi connectivity index (χ0) is 13.1. The molecule has 0 aliphatic rings. The molecule has 2 aromatic rings. The van der Waals surface area contributed by atoms with Crippen LogP contribution in [0.2, 0.25) is 0 Å². The fourth-order valence-electron chi connectivity index (χ4n) is 1.87. The molecule has 0 amide bonds. The zero-order valence-electron chi connectivity index (χ0n) is 10.2. The van der Waals surface area contributed by atoms with Crippen molar-refractivity contribution in [3.8, 4) is 0 Å². The lowest BCUT2D eigenvalue weighted by atomic mass is 10.0. The summed E-state index contributed by atoms with van der Waals surface area (Å²) in [6.45, 7) is 2.02. The molecule has 18 heavy (non-hydrogen) atoms. The van der Waals surface area contributed by atoms with Gasteiger partial charge in [0, 0.05) is 6.61 Å². The number of anilines is 1. The highest BCUT2D eigenvalue weighted by Gasteiger charge is 2.17. The van der Waals surface area contributed by atoms with E-state index in [0.29, 0.717) is 23.4 Å². The van der Waals surface area contributed by atoms with E-state index in [2.05, 4.69) is 15.0 Å². The summed E-state index contributed by atoms with van der Waals surface area (Å²) in [4.78, 5) is 12.0. The normalized spacial score (nSPS) is 14.8. The van der Waals surface area contributed by atoms with Crippen LogP contribution in [0.25, 0.3) is 11.2 Å². The Labute approximate surface area is 104 Å². The van der Waals surface area contributed by atoms with Gasteiger partial charge in [-0.1, -0.05) is 13.3 Å². The van der Waals surface area contributed by atoms with Gasteiger partial charge in [0.05, 0.1) is 6.33 Å². The largest absolute Gasteiger partial charge is 0.396 e. The highest BCUT2D eigenvalue weighted by atomic mass is 16.3. The summed E-state index contributed by atoms with van der Waals surface area (Å²) in [5, 5.41) is 19.3. The summed E-state index contributed by atoms with van der Waals surface area (Å²) in [6, 6.07) is 0. The molecule has 7 heteroatoms. The maximum absolute atomic E-state index is 10.1. The number of imidazole rings is 1. The molecule has 2 unspecified atom stereocenters. The first-order valence-corrected chi connectivity index (χ1v) is 5.89. The molecule has 0 spiro atoms. The Hall–Kier alpha value is -1.73. The molecule has 0 fully saturated rings. The van der Waals surface area contributed by atoms with Crippen molar-refractivity contribution >= 4 is 17.0 Å². The van der Waals surface area contributed by atoms with Gasteiger partial charge in [-0.2, -0.15) is 0 Å². The maximum atomic E-state index is 10.1. The van der Waals surface area contributed by atoms with E-state index in [-0.39, 0.29) is 12.5 Å². The first-order valence-electron chi connectivity index (χ1n) is 5.89. The minimum atomic E-state index is -0.776. The second kappa shape index (κ2) is 5.28. The van der Waals surface area contributed by atoms with Gasteiger partial charge in [-0.15, -0.1) is 0 Å². The van der Waals surface area contributed by atoms with Gasteiger partial charge in [0.2, 0.25) is 0 Å². The van der Waals surface area contributed by atoms with E-state index in [0.717, 1.165) is 6.42 Å². The molecule has 0 saturated carbocycles. The molecular formula is C11H17N5O2. The summed E-state index contributed by atoms with van der Waals surface area (Å²) >= 11 is 0. The predicted molar refractivity (Wildman–Crippen MR) is 66.5 cm³/mol. The Bertz CT molecular complexity index is 523. The summed E-state index contributed by atoms with van der Waals surface area (Å²) in [5.41, 5.74) is 6.66. The van der Waals surface area contributed by atoms with Gasteiger partial charge in [0.1, 0.15) is 18.1 Å². The number of aromatic nitrogens is 4. The Morgan fingerprint density at radius 3 is 2.83 bits per heavy atom. The number of nitrogen functional groups attached to an aromatic ring is 1. The third kappa shape index (κ3) is 2.27. The average molecular weight is 251 g/mol. The summed E-state index contributed by atoms with van der Waals surface area (Å²) in [5.74, 6) is 0.344. The molecule has 2 heterocycles. The SMILES string of the molecule is CCC(CO)CC(O)n1cnc2c(N)ncnc21. The van der Waals surface area contributed by atoms with Crippen molar-refractivity contribution in [3.63, 3.8) is 0 Å². The van der Waals surface area contributed by atoms with Crippen LogP contribution >= 0.6 is 0 Å². The molecule has 0 aliphatic heterocycles. The van der Waals surface area contributed by atoms with Crippen molar-refractivity contribution in [1.82, 2.24) is 19.5 Å². The number of hydrogen-bond donors (Lipinski definition) is 3. The fourth-order valence-corrected chi connectivity index (χ4v) is 1.87. The molecule has 2 atom stereocenters. The van der Waals surface area contributed by atoms with E-state index in [4.69, 9.17) is 10.8 Å². The number of nitrogens with two attached hydrogens (primary N) is 1. The fraction of sp³-hybridized carbons (Fsp3) is 0.545. The van der Waals surface area contributed by atoms with Gasteiger partial charge in [-0.3, -0.25) is 4.57 Å². The van der Waals surface area contributed by atoms with Crippen molar-refractivity contribution in [3.05, 3.63) is 12.7 Å². The van der Waals surface area contributed by atoms with Crippen LogP contribution in [-0.4, -0.2) is 36.3 Å². The van der Waals surface area contributed by atoms with E-state index >= 15 is 0 Å². The van der Waals surface area contributed by atoms with Crippen LogP contribution in [0.1, 0.15) is 26.0 Å². The zero-order valence-corrected chi connectivity index (χ0v) is 10.2. The topological polar surface area (TPSA) is 110 Å². The van der Waals surface area contributed by atoms with Gasteiger partial charge in [0.25, 0.3) is 0 Å². The van der Waals surface area contributed by atoms with Gasteiger partial charge >= 0.3 is 0 Å². The van der Waals surface area contributed by atoms with Crippen LogP contribution in [0, 0.1) is 5.92 Å². The number of rotatable bonds is 5. The molecule has 0 bridgehead atoms. The van der Waals surface area contributed by atoms with Crippen LogP contribution in [0.15, 0.2) is 12.7 Å². The standard InChI is InChI=1S/C11H17N5O2/c1-2-7(4-17)3-8(18)16-6-15-9-10(12)13-5-14-11(9)16/h5-8,17-18H,2-4H2,1H3,(H2,12,13,14). The first kappa shape index (κ1) is 12.7. The molecule has 2 rings (SSSR count). The Balaban J connectivity index is 2.28. The summed E-state index contributed by atoms with van der Waals surface area (Å²) in [6.07, 6.45) is 3.30. The lowest BCUT2D eigenvalue weighted by Gasteiger charge is -2.18. The number of hydrogen-bond acceptors (Lipinski definition) is 6. The maximum Gasteiger partial charge on any atom is 0.167 e. The van der Waals surface area contributed by atoms with Crippen LogP contribution in [0.5, 0.6) is 0 Å². The molecule has 2 aromatic heterocycles. The highest BCUT2D eigenvalue weighted by molar-refractivity contribution is 5.81. The molecular weight excluding hydrogens is 234 g/mol. The number of nitrogens with zero attached hydrogens (tertiary/aromatic N) is 4. The highest BCUT2D eigenvalue weighted by Crippen LogP contribution is 2.22. The van der Waals surface area contributed by atoms with Crippen LogP contribution in [-0.2, 0) is 0 Å². The molecule has 0 aromatic carbocycles. The summed E-state index contributed by atoms with van der Waals surface area (Å²) < 4.78 is 1.55. The number of aliphatic hydroxyl groups is 2. The first-order chi connectivity index (χ1) is 8.67. The lowest BCUT2D eigenvalue weighted by Crippen LogP contribution is -2.15. The average Bonchev–Trinajstić information content (AvgIpc) is 2.81. The Morgan fingerprint density at radius 2 is 2.17 bits per heavy atom. The quantitative estimate of drug-likeness (QED) is 0.705. The smallest absolute Gasteiger partial charge is 0.167 e. The van der Waals surface area contributed by atoms with Gasteiger partial charge in [-0.05, 0) is 12.3 Å². The lowest BCUT2D eigenvalue weighted by molar-refractivity contribution is 0.0626. The third-order valence-electron chi connectivity index (χ3n) is 3.09. The van der Waals surface area contributed by atoms with E-state index in [1.54, 1.807) is 4.57 Å². The molecule has 98 valence electrons. The van der Waals surface area contributed by atoms with Crippen LogP contribution in [0.4, 0.5) is 5.82 Å². The molecule has 7 nitrogen and oxygen atoms in total. The molecule has 0 radical (unpaired) electrons. The van der Waals surface area contributed by atoms with E-state index in [1.807, 2.05) is 6.92 Å². The minimum Gasteiger partial charge on any atom is -0.396 e. The second-order valence-electron chi connectivity index (χ2n) is 4.26. The molecule has 4 N–H and O–H groups in total. The summed E-state index contributed by atoms with van der Waals surface area (Å²) in [7, 11) is 0. The van der Waals surface area contributed by atoms with Crippen molar-refractivity contribution in [1.29, 1.82) is 0 Å². The Morgan fingerprint density at radius 1 is 1.39 bits per heavy atom.